The summed E-state index contributed by atoms with van der Waals surface area (Å²) in [7, 11) is 0. The van der Waals surface area contributed by atoms with E-state index in [9.17, 15) is 14.7 Å². The molecule has 2 aliphatic heterocycles. The van der Waals surface area contributed by atoms with Gasteiger partial charge in [-0.3, -0.25) is 14.5 Å². The highest BCUT2D eigenvalue weighted by Crippen LogP contribution is 2.37. The molecule has 2 aromatic carbocycles. The average Bonchev–Trinajstić information content (AvgIpc) is 2.92. The largest absolute Gasteiger partial charge is 0.508 e. The lowest BCUT2D eigenvalue weighted by molar-refractivity contribution is -0.142. The molecule has 2 aromatic rings. The Morgan fingerprint density at radius 2 is 1.71 bits per heavy atom. The first-order valence-electron chi connectivity index (χ1n) is 11.0. The highest BCUT2D eigenvalue weighted by Gasteiger charge is 2.43. The molecule has 0 aromatic heterocycles. The van der Waals surface area contributed by atoms with Gasteiger partial charge in [0.1, 0.15) is 5.75 Å². The maximum absolute atomic E-state index is 13.0. The Kier molecular flexibility index (Phi) is 6.28. The van der Waals surface area contributed by atoms with Crippen LogP contribution in [0.1, 0.15) is 48.8 Å². The number of carboxylic acid groups (broad SMARTS) is 1. The van der Waals surface area contributed by atoms with E-state index >= 15 is 0 Å². The fourth-order valence-electron chi connectivity index (χ4n) is 5.06. The van der Waals surface area contributed by atoms with Gasteiger partial charge in [-0.05, 0) is 54.6 Å². The number of hydrogen-bond acceptors (Lipinski definition) is 4. The van der Waals surface area contributed by atoms with Crippen LogP contribution in [0.25, 0.3) is 0 Å². The summed E-state index contributed by atoms with van der Waals surface area (Å²) in [4.78, 5) is 28.4. The minimum Gasteiger partial charge on any atom is -0.508 e. The average molecular weight is 423 g/mol. The molecule has 1 saturated heterocycles. The third kappa shape index (κ3) is 4.90. The fourth-order valence-corrected chi connectivity index (χ4v) is 5.06. The number of phenols is 1. The SMILES string of the molecule is O=C(O)CCC(=O)N1Cc2ccccc2CC2(CCCCN2Cc2ccc(O)cc2)C1. The first kappa shape index (κ1) is 21.4. The first-order chi connectivity index (χ1) is 14.9. The molecule has 4 rings (SSSR count). The summed E-state index contributed by atoms with van der Waals surface area (Å²) >= 11 is 0. The number of likely N-dealkylation sites (tertiary alicyclic amines) is 1. The summed E-state index contributed by atoms with van der Waals surface area (Å²) in [5.74, 6) is -0.769. The summed E-state index contributed by atoms with van der Waals surface area (Å²) in [5, 5.41) is 18.7. The van der Waals surface area contributed by atoms with Gasteiger partial charge < -0.3 is 15.1 Å². The van der Waals surface area contributed by atoms with Crippen LogP contribution in [0.15, 0.2) is 48.5 Å². The van der Waals surface area contributed by atoms with Crippen molar-refractivity contribution in [3.8, 4) is 5.75 Å². The predicted molar refractivity (Wildman–Crippen MR) is 118 cm³/mol. The van der Waals surface area contributed by atoms with Gasteiger partial charge in [0.2, 0.25) is 5.91 Å². The molecule has 1 fully saturated rings. The van der Waals surface area contributed by atoms with Gasteiger partial charge in [-0.15, -0.1) is 0 Å². The van der Waals surface area contributed by atoms with Crippen molar-refractivity contribution in [2.75, 3.05) is 13.1 Å². The van der Waals surface area contributed by atoms with Gasteiger partial charge in [-0.25, -0.2) is 0 Å². The van der Waals surface area contributed by atoms with E-state index in [1.54, 1.807) is 12.1 Å². The molecule has 2 aliphatic rings. The van der Waals surface area contributed by atoms with Crippen molar-refractivity contribution in [2.24, 2.45) is 0 Å². The van der Waals surface area contributed by atoms with Crippen LogP contribution in [0.5, 0.6) is 5.75 Å². The Hall–Kier alpha value is -2.86. The van der Waals surface area contributed by atoms with E-state index in [0.29, 0.717) is 13.1 Å². The van der Waals surface area contributed by atoms with Gasteiger partial charge >= 0.3 is 5.97 Å². The lowest BCUT2D eigenvalue weighted by Crippen LogP contribution is -2.58. The number of aliphatic carboxylic acids is 1. The van der Waals surface area contributed by atoms with Crippen LogP contribution in [0.2, 0.25) is 0 Å². The zero-order valence-corrected chi connectivity index (χ0v) is 17.8. The molecule has 1 spiro atoms. The van der Waals surface area contributed by atoms with E-state index in [1.807, 2.05) is 23.1 Å². The van der Waals surface area contributed by atoms with Crippen LogP contribution in [0.4, 0.5) is 0 Å². The zero-order valence-electron chi connectivity index (χ0n) is 17.8. The number of benzene rings is 2. The van der Waals surface area contributed by atoms with E-state index in [2.05, 4.69) is 23.1 Å². The molecular weight excluding hydrogens is 392 g/mol. The van der Waals surface area contributed by atoms with Crippen LogP contribution in [-0.4, -0.2) is 50.5 Å². The highest BCUT2D eigenvalue weighted by molar-refractivity contribution is 5.81. The maximum Gasteiger partial charge on any atom is 0.303 e. The van der Waals surface area contributed by atoms with E-state index in [-0.39, 0.29) is 30.0 Å². The second kappa shape index (κ2) is 9.10. The van der Waals surface area contributed by atoms with Crippen molar-refractivity contribution in [1.82, 2.24) is 9.80 Å². The van der Waals surface area contributed by atoms with Crippen molar-refractivity contribution in [3.05, 3.63) is 65.2 Å². The van der Waals surface area contributed by atoms with Gasteiger partial charge in [0.25, 0.3) is 0 Å². The van der Waals surface area contributed by atoms with Crippen molar-refractivity contribution < 1.29 is 19.8 Å². The minimum absolute atomic E-state index is 0.0333. The number of nitrogens with zero attached hydrogens (tertiary/aromatic N) is 2. The predicted octanol–water partition coefficient (Wildman–Crippen LogP) is 3.57. The summed E-state index contributed by atoms with van der Waals surface area (Å²) in [6, 6.07) is 15.7. The smallest absolute Gasteiger partial charge is 0.303 e. The Morgan fingerprint density at radius 1 is 0.968 bits per heavy atom. The van der Waals surface area contributed by atoms with E-state index in [4.69, 9.17) is 5.11 Å². The normalized spacial score (nSPS) is 21.5. The number of amides is 1. The number of carboxylic acids is 1. The van der Waals surface area contributed by atoms with Gasteiger partial charge in [0.15, 0.2) is 0 Å². The Labute approximate surface area is 183 Å². The molecule has 1 atom stereocenters. The van der Waals surface area contributed by atoms with Crippen molar-refractivity contribution >= 4 is 11.9 Å². The second-order valence-electron chi connectivity index (χ2n) is 8.86. The molecular formula is C25H30N2O4. The van der Waals surface area contributed by atoms with Gasteiger partial charge in [-0.2, -0.15) is 0 Å². The molecule has 6 heteroatoms. The summed E-state index contributed by atoms with van der Waals surface area (Å²) in [6.07, 6.45) is 4.01. The van der Waals surface area contributed by atoms with Crippen molar-refractivity contribution in [3.63, 3.8) is 0 Å². The second-order valence-corrected chi connectivity index (χ2v) is 8.86. The molecule has 0 aliphatic carbocycles. The van der Waals surface area contributed by atoms with Gasteiger partial charge in [0, 0.05) is 31.6 Å². The number of rotatable bonds is 5. The lowest BCUT2D eigenvalue weighted by atomic mass is 9.80. The molecule has 1 amide bonds. The zero-order chi connectivity index (χ0) is 21.8. The Morgan fingerprint density at radius 3 is 2.45 bits per heavy atom. The quantitative estimate of drug-likeness (QED) is 0.770. The van der Waals surface area contributed by atoms with Crippen LogP contribution < -0.4 is 0 Å². The molecule has 0 saturated carbocycles. The van der Waals surface area contributed by atoms with E-state index < -0.39 is 5.97 Å². The topological polar surface area (TPSA) is 81.1 Å². The number of carbonyl (C=O) groups excluding carboxylic acids is 1. The Balaban J connectivity index is 1.65. The maximum atomic E-state index is 13.0. The summed E-state index contributed by atoms with van der Waals surface area (Å²) in [6.45, 7) is 2.86. The molecule has 2 heterocycles. The number of fused-ring (bicyclic) bond motifs is 1. The highest BCUT2D eigenvalue weighted by atomic mass is 16.4. The van der Waals surface area contributed by atoms with Crippen LogP contribution in [-0.2, 0) is 29.1 Å². The van der Waals surface area contributed by atoms with Gasteiger partial charge in [0.05, 0.1) is 6.42 Å². The monoisotopic (exact) mass is 422 g/mol. The summed E-state index contributed by atoms with van der Waals surface area (Å²) in [5.41, 5.74) is 3.38. The molecule has 0 radical (unpaired) electrons. The number of aromatic hydroxyl groups is 1. The molecule has 0 bridgehead atoms. The van der Waals surface area contributed by atoms with E-state index in [0.717, 1.165) is 49.9 Å². The molecule has 1 unspecified atom stereocenters. The minimum atomic E-state index is -0.940. The van der Waals surface area contributed by atoms with Crippen molar-refractivity contribution in [1.29, 1.82) is 0 Å². The molecule has 164 valence electrons. The number of phenolic OH excluding ortho intramolecular Hbond substituents is 1. The van der Waals surface area contributed by atoms with Crippen LogP contribution in [0.3, 0.4) is 0 Å². The summed E-state index contributed by atoms with van der Waals surface area (Å²) < 4.78 is 0. The van der Waals surface area contributed by atoms with E-state index in [1.165, 1.54) is 5.56 Å². The Bertz CT molecular complexity index is 943. The molecule has 2 N–H and O–H groups in total. The molecule has 31 heavy (non-hydrogen) atoms. The molecule has 6 nitrogen and oxygen atoms in total. The fraction of sp³-hybridized carbons (Fsp3) is 0.440. The third-order valence-electron chi connectivity index (χ3n) is 6.69. The van der Waals surface area contributed by atoms with Crippen LogP contribution >= 0.6 is 0 Å². The first-order valence-corrected chi connectivity index (χ1v) is 11.0. The third-order valence-corrected chi connectivity index (χ3v) is 6.69. The van der Waals surface area contributed by atoms with Crippen LogP contribution in [0, 0.1) is 0 Å². The number of carbonyl (C=O) groups is 2. The lowest BCUT2D eigenvalue weighted by Gasteiger charge is -2.49. The number of hydrogen-bond donors (Lipinski definition) is 2. The van der Waals surface area contributed by atoms with Gasteiger partial charge in [-0.1, -0.05) is 42.8 Å². The standard InChI is InChI=1S/C25H30N2O4/c28-22-9-7-19(8-10-22)16-27-14-4-3-13-25(27)15-20-5-1-2-6-21(20)17-26(18-25)23(29)11-12-24(30)31/h1-2,5-10,28H,3-4,11-18H2,(H,30,31). The number of piperidine rings is 1. The van der Waals surface area contributed by atoms with Crippen molar-refractivity contribution in [2.45, 2.75) is 57.2 Å².